The largest absolute Gasteiger partial charge is 0.355 e. The van der Waals surface area contributed by atoms with Crippen molar-refractivity contribution in [2.45, 2.75) is 47.6 Å². The molecule has 7 heteroatoms. The van der Waals surface area contributed by atoms with E-state index < -0.39 is 0 Å². The molecule has 0 amide bonds. The Hall–Kier alpha value is -2.54. The predicted molar refractivity (Wildman–Crippen MR) is 109 cm³/mol. The van der Waals surface area contributed by atoms with E-state index in [0.29, 0.717) is 11.3 Å². The quantitative estimate of drug-likeness (QED) is 0.800. The van der Waals surface area contributed by atoms with E-state index in [1.807, 2.05) is 40.7 Å². The molecule has 1 fully saturated rings. The molecule has 0 bridgehead atoms. The van der Waals surface area contributed by atoms with E-state index in [9.17, 15) is 9.59 Å². The van der Waals surface area contributed by atoms with Crippen molar-refractivity contribution < 1.29 is 9.59 Å². The van der Waals surface area contributed by atoms with Crippen LogP contribution < -0.4 is 4.90 Å². The number of hydrogen-bond acceptors (Lipinski definition) is 6. The molecule has 1 saturated heterocycles. The summed E-state index contributed by atoms with van der Waals surface area (Å²) in [5, 5.41) is 0. The first-order valence-electron chi connectivity index (χ1n) is 9.74. The van der Waals surface area contributed by atoms with Gasteiger partial charge in [-0.25, -0.2) is 9.97 Å². The molecule has 0 unspecified atom stereocenters. The van der Waals surface area contributed by atoms with E-state index >= 15 is 0 Å². The van der Waals surface area contributed by atoms with Gasteiger partial charge >= 0.3 is 0 Å². The number of piperazine rings is 1. The van der Waals surface area contributed by atoms with Gasteiger partial charge in [-0.1, -0.05) is 0 Å². The van der Waals surface area contributed by atoms with Crippen LogP contribution in [0.4, 0.5) is 5.95 Å². The molecule has 0 aliphatic carbocycles. The number of carbonyl (C=O) groups is 2. The molecule has 0 spiro atoms. The first-order chi connectivity index (χ1) is 13.2. The van der Waals surface area contributed by atoms with Crippen molar-refractivity contribution in [2.24, 2.45) is 0 Å². The standard InChI is InChI=1S/C21H29N5O2/c1-12-11-13(2)23-21(22-12)26-9-7-25(8-10-26)16(5)20(28)19-14(3)18(17(6)27)15(4)24-19/h11,16,24H,7-10H2,1-6H3/t16-/m1/s1. The third-order valence-corrected chi connectivity index (χ3v) is 5.53. The number of Topliss-reactive ketones (excluding diaryl/α,β-unsaturated/α-hetero) is 2. The Balaban J connectivity index is 1.70. The number of nitrogens with one attached hydrogen (secondary N) is 1. The van der Waals surface area contributed by atoms with Crippen molar-refractivity contribution in [1.29, 1.82) is 0 Å². The van der Waals surface area contributed by atoms with Crippen LogP contribution in [0.15, 0.2) is 6.07 Å². The van der Waals surface area contributed by atoms with E-state index in [-0.39, 0.29) is 17.6 Å². The highest BCUT2D eigenvalue weighted by Gasteiger charge is 2.30. The molecule has 1 atom stereocenters. The Morgan fingerprint density at radius 3 is 2.11 bits per heavy atom. The highest BCUT2D eigenvalue weighted by Crippen LogP contribution is 2.22. The maximum atomic E-state index is 13.1. The minimum atomic E-state index is -0.251. The number of anilines is 1. The van der Waals surface area contributed by atoms with Gasteiger partial charge in [0.2, 0.25) is 5.95 Å². The summed E-state index contributed by atoms with van der Waals surface area (Å²) >= 11 is 0. The Bertz CT molecular complexity index is 890. The first kappa shape index (κ1) is 20.2. The van der Waals surface area contributed by atoms with Gasteiger partial charge in [-0.05, 0) is 53.2 Å². The Labute approximate surface area is 166 Å². The number of ketones is 2. The van der Waals surface area contributed by atoms with Crippen LogP contribution in [0, 0.1) is 27.7 Å². The smallest absolute Gasteiger partial charge is 0.225 e. The van der Waals surface area contributed by atoms with Gasteiger partial charge < -0.3 is 9.88 Å². The molecule has 1 aliphatic rings. The normalized spacial score (nSPS) is 16.3. The van der Waals surface area contributed by atoms with E-state index in [0.717, 1.165) is 54.8 Å². The summed E-state index contributed by atoms with van der Waals surface area (Å²) in [6.45, 7) is 14.2. The summed E-state index contributed by atoms with van der Waals surface area (Å²) in [5.41, 5.74) is 4.63. The van der Waals surface area contributed by atoms with Gasteiger partial charge in [-0.15, -0.1) is 0 Å². The van der Waals surface area contributed by atoms with Crippen LogP contribution in [0.5, 0.6) is 0 Å². The van der Waals surface area contributed by atoms with Crippen LogP contribution >= 0.6 is 0 Å². The van der Waals surface area contributed by atoms with Gasteiger partial charge in [0.15, 0.2) is 11.6 Å². The zero-order valence-corrected chi connectivity index (χ0v) is 17.6. The minimum absolute atomic E-state index is 0.0139. The zero-order valence-electron chi connectivity index (χ0n) is 17.6. The average Bonchev–Trinajstić information content (AvgIpc) is 2.94. The lowest BCUT2D eigenvalue weighted by molar-refractivity contribution is 0.0824. The molecule has 3 heterocycles. The highest BCUT2D eigenvalue weighted by molar-refractivity contribution is 6.05. The molecule has 1 aliphatic heterocycles. The van der Waals surface area contributed by atoms with Gasteiger partial charge in [0.1, 0.15) is 0 Å². The minimum Gasteiger partial charge on any atom is -0.355 e. The number of H-pyrrole nitrogens is 1. The number of carbonyl (C=O) groups excluding carboxylic acids is 2. The summed E-state index contributed by atoms with van der Waals surface area (Å²) in [6, 6.07) is 1.72. The third kappa shape index (κ3) is 3.85. The van der Waals surface area contributed by atoms with Crippen molar-refractivity contribution >= 4 is 17.5 Å². The summed E-state index contributed by atoms with van der Waals surface area (Å²) in [5.74, 6) is 0.780. The van der Waals surface area contributed by atoms with E-state index in [1.165, 1.54) is 6.92 Å². The van der Waals surface area contributed by atoms with E-state index in [4.69, 9.17) is 0 Å². The summed E-state index contributed by atoms with van der Waals surface area (Å²) in [7, 11) is 0. The molecule has 28 heavy (non-hydrogen) atoms. The topological polar surface area (TPSA) is 82.2 Å². The molecule has 0 radical (unpaired) electrons. The van der Waals surface area contributed by atoms with Crippen molar-refractivity contribution in [1.82, 2.24) is 19.9 Å². The van der Waals surface area contributed by atoms with Crippen molar-refractivity contribution in [3.05, 3.63) is 40.0 Å². The van der Waals surface area contributed by atoms with E-state index in [2.05, 4.69) is 24.8 Å². The second-order valence-electron chi connectivity index (χ2n) is 7.70. The molecular weight excluding hydrogens is 354 g/mol. The van der Waals surface area contributed by atoms with E-state index in [1.54, 1.807) is 0 Å². The van der Waals surface area contributed by atoms with Crippen LogP contribution in [0.3, 0.4) is 0 Å². The molecule has 2 aromatic rings. The lowest BCUT2D eigenvalue weighted by Gasteiger charge is -2.37. The summed E-state index contributed by atoms with van der Waals surface area (Å²) < 4.78 is 0. The SMILES string of the molecule is CC(=O)c1c(C)[nH]c(C(=O)[C@@H](C)N2CCN(c3nc(C)cc(C)n3)CC2)c1C. The lowest BCUT2D eigenvalue weighted by Crippen LogP contribution is -2.52. The number of hydrogen-bond donors (Lipinski definition) is 1. The van der Waals surface area contributed by atoms with Crippen LogP contribution in [0.25, 0.3) is 0 Å². The van der Waals surface area contributed by atoms with Gasteiger partial charge in [0.25, 0.3) is 0 Å². The molecule has 2 aromatic heterocycles. The van der Waals surface area contributed by atoms with Gasteiger partial charge in [0.05, 0.1) is 11.7 Å². The van der Waals surface area contributed by atoms with Gasteiger partial charge in [-0.3, -0.25) is 14.5 Å². The fourth-order valence-corrected chi connectivity index (χ4v) is 4.06. The molecule has 0 aromatic carbocycles. The van der Waals surface area contributed by atoms with Crippen LogP contribution in [-0.2, 0) is 0 Å². The number of aromatic nitrogens is 3. The lowest BCUT2D eigenvalue weighted by atomic mass is 10.0. The second-order valence-corrected chi connectivity index (χ2v) is 7.70. The average molecular weight is 383 g/mol. The number of aryl methyl sites for hydroxylation is 3. The molecule has 150 valence electrons. The van der Waals surface area contributed by atoms with Gasteiger partial charge in [-0.2, -0.15) is 0 Å². The first-order valence-corrected chi connectivity index (χ1v) is 9.74. The highest BCUT2D eigenvalue weighted by atomic mass is 16.1. The summed E-state index contributed by atoms with van der Waals surface area (Å²) in [4.78, 5) is 41.5. The van der Waals surface area contributed by atoms with Crippen molar-refractivity contribution in [2.75, 3.05) is 31.1 Å². The maximum Gasteiger partial charge on any atom is 0.225 e. The predicted octanol–water partition coefficient (Wildman–Crippen LogP) is 2.63. The molecule has 1 N–H and O–H groups in total. The van der Waals surface area contributed by atoms with Crippen LogP contribution in [0.1, 0.15) is 57.3 Å². The maximum absolute atomic E-state index is 13.1. The fraction of sp³-hybridized carbons (Fsp3) is 0.524. The monoisotopic (exact) mass is 383 g/mol. The third-order valence-electron chi connectivity index (χ3n) is 5.53. The Morgan fingerprint density at radius 1 is 1.04 bits per heavy atom. The molecular formula is C21H29N5O2. The van der Waals surface area contributed by atoms with Crippen molar-refractivity contribution in [3.63, 3.8) is 0 Å². The molecule has 7 nitrogen and oxygen atoms in total. The molecule has 3 rings (SSSR count). The fourth-order valence-electron chi connectivity index (χ4n) is 4.06. The zero-order chi connectivity index (χ0) is 20.6. The summed E-state index contributed by atoms with van der Waals surface area (Å²) in [6.07, 6.45) is 0. The van der Waals surface area contributed by atoms with Crippen LogP contribution in [0.2, 0.25) is 0 Å². The Kier molecular flexibility index (Phi) is 5.65. The molecule has 0 saturated carbocycles. The number of nitrogens with zero attached hydrogens (tertiary/aromatic N) is 4. The Morgan fingerprint density at radius 2 is 1.61 bits per heavy atom. The number of rotatable bonds is 5. The van der Waals surface area contributed by atoms with Crippen LogP contribution in [-0.4, -0.2) is 63.6 Å². The number of aromatic amines is 1. The van der Waals surface area contributed by atoms with Crippen molar-refractivity contribution in [3.8, 4) is 0 Å². The van der Waals surface area contributed by atoms with Gasteiger partial charge in [0, 0.05) is 48.8 Å². The second kappa shape index (κ2) is 7.83.